The summed E-state index contributed by atoms with van der Waals surface area (Å²) in [5.41, 5.74) is 2.83. The Bertz CT molecular complexity index is 971. The first-order valence-corrected chi connectivity index (χ1v) is 10.2. The number of nitrogens with zero attached hydrogens (tertiary/aromatic N) is 2. The van der Waals surface area contributed by atoms with E-state index in [-0.39, 0.29) is 28.1 Å². The van der Waals surface area contributed by atoms with Crippen LogP contribution in [0.4, 0.5) is 4.39 Å². The van der Waals surface area contributed by atoms with Gasteiger partial charge in [-0.1, -0.05) is 11.6 Å². The van der Waals surface area contributed by atoms with Gasteiger partial charge in [-0.3, -0.25) is 9.59 Å². The number of rotatable bonds is 2. The Morgan fingerprint density at radius 3 is 2.00 bits per heavy atom. The molecule has 7 heteroatoms. The van der Waals surface area contributed by atoms with Crippen LogP contribution in [0.25, 0.3) is 0 Å². The van der Waals surface area contributed by atoms with Crippen LogP contribution in [-0.4, -0.2) is 52.9 Å². The van der Waals surface area contributed by atoms with Gasteiger partial charge >= 0.3 is 0 Å². The van der Waals surface area contributed by atoms with E-state index >= 15 is 0 Å². The Morgan fingerprint density at radius 1 is 0.862 bits per heavy atom. The minimum atomic E-state index is -0.494. The number of phenolic OH excluding ortho intramolecular Hbond substituents is 1. The van der Waals surface area contributed by atoms with Gasteiger partial charge in [-0.25, -0.2) is 4.39 Å². The van der Waals surface area contributed by atoms with Crippen LogP contribution in [0.2, 0.25) is 5.02 Å². The van der Waals surface area contributed by atoms with Crippen molar-refractivity contribution in [2.45, 2.75) is 25.7 Å². The van der Waals surface area contributed by atoms with Crippen LogP contribution in [0.15, 0.2) is 30.3 Å². The van der Waals surface area contributed by atoms with Gasteiger partial charge in [-0.2, -0.15) is 0 Å². The first-order valence-electron chi connectivity index (χ1n) is 9.82. The molecule has 29 heavy (non-hydrogen) atoms. The van der Waals surface area contributed by atoms with Crippen LogP contribution in [0, 0.1) is 5.82 Å². The fourth-order valence-electron chi connectivity index (χ4n) is 4.06. The highest BCUT2D eigenvalue weighted by molar-refractivity contribution is 6.33. The number of carbonyl (C=O) groups is 2. The molecule has 0 aromatic heterocycles. The number of fused-ring (bicyclic) bond motifs is 1. The molecule has 1 fully saturated rings. The van der Waals surface area contributed by atoms with Crippen molar-refractivity contribution in [3.8, 4) is 5.75 Å². The molecule has 2 amide bonds. The van der Waals surface area contributed by atoms with E-state index in [1.807, 2.05) is 6.07 Å². The predicted molar refractivity (Wildman–Crippen MR) is 108 cm³/mol. The molecule has 2 aromatic rings. The minimum Gasteiger partial charge on any atom is -0.507 e. The third-order valence-electron chi connectivity index (χ3n) is 5.71. The molecule has 2 aliphatic rings. The maximum Gasteiger partial charge on any atom is 0.257 e. The smallest absolute Gasteiger partial charge is 0.257 e. The number of amides is 2. The number of piperazine rings is 1. The molecule has 0 radical (unpaired) electrons. The van der Waals surface area contributed by atoms with E-state index in [1.54, 1.807) is 15.9 Å². The van der Waals surface area contributed by atoms with Crippen LogP contribution in [0.5, 0.6) is 5.75 Å². The molecular formula is C22H22ClFN2O3. The molecule has 1 aliphatic carbocycles. The standard InChI is InChI=1S/C22H22ClFN2O3/c23-19-13-16(24)5-6-17(19)21(28)25-7-9-26(10-8-25)22(29)18-11-14-3-1-2-4-15(14)12-20(18)27/h5-6,11-13,27H,1-4,7-10H2. The molecule has 1 aliphatic heterocycles. The summed E-state index contributed by atoms with van der Waals surface area (Å²) in [6.07, 6.45) is 4.06. The first-order chi connectivity index (χ1) is 13.9. The zero-order valence-corrected chi connectivity index (χ0v) is 16.7. The van der Waals surface area contributed by atoms with Crippen LogP contribution in [0.3, 0.4) is 0 Å². The highest BCUT2D eigenvalue weighted by Gasteiger charge is 2.28. The fraction of sp³-hybridized carbons (Fsp3) is 0.364. The molecule has 152 valence electrons. The summed E-state index contributed by atoms with van der Waals surface area (Å²) >= 11 is 6.00. The Kier molecular flexibility index (Phi) is 5.46. The van der Waals surface area contributed by atoms with E-state index in [0.717, 1.165) is 42.9 Å². The number of aromatic hydroxyl groups is 1. The molecule has 0 saturated carbocycles. The van der Waals surface area contributed by atoms with Crippen molar-refractivity contribution in [2.24, 2.45) is 0 Å². The van der Waals surface area contributed by atoms with Crippen molar-refractivity contribution in [1.29, 1.82) is 0 Å². The summed E-state index contributed by atoms with van der Waals surface area (Å²) in [5.74, 6) is -0.972. The van der Waals surface area contributed by atoms with Crippen molar-refractivity contribution < 1.29 is 19.1 Å². The van der Waals surface area contributed by atoms with Crippen molar-refractivity contribution in [1.82, 2.24) is 9.80 Å². The van der Waals surface area contributed by atoms with Crippen LogP contribution >= 0.6 is 11.6 Å². The maximum atomic E-state index is 13.2. The monoisotopic (exact) mass is 416 g/mol. The van der Waals surface area contributed by atoms with Crippen molar-refractivity contribution in [3.05, 3.63) is 63.4 Å². The van der Waals surface area contributed by atoms with Gasteiger partial charge in [0.1, 0.15) is 11.6 Å². The average Bonchev–Trinajstić information content (AvgIpc) is 2.72. The summed E-state index contributed by atoms with van der Waals surface area (Å²) in [7, 11) is 0. The van der Waals surface area contributed by atoms with E-state index in [4.69, 9.17) is 11.6 Å². The third kappa shape index (κ3) is 3.94. The normalized spacial score (nSPS) is 16.5. The lowest BCUT2D eigenvalue weighted by Gasteiger charge is -2.35. The SMILES string of the molecule is O=C(c1cc2c(cc1O)CCCC2)N1CCN(C(=O)c2ccc(F)cc2Cl)CC1. The highest BCUT2D eigenvalue weighted by atomic mass is 35.5. The molecule has 1 saturated heterocycles. The van der Waals surface area contributed by atoms with Gasteiger partial charge in [0.2, 0.25) is 0 Å². The van der Waals surface area contributed by atoms with Gasteiger partial charge in [0.15, 0.2) is 0 Å². The van der Waals surface area contributed by atoms with E-state index in [0.29, 0.717) is 31.7 Å². The average molecular weight is 417 g/mol. The first kappa shape index (κ1) is 19.7. The number of hydrogen-bond donors (Lipinski definition) is 1. The van der Waals surface area contributed by atoms with Crippen LogP contribution < -0.4 is 0 Å². The predicted octanol–water partition coefficient (Wildman–Crippen LogP) is 3.66. The molecular weight excluding hydrogens is 395 g/mol. The van der Waals surface area contributed by atoms with E-state index in [2.05, 4.69) is 0 Å². The van der Waals surface area contributed by atoms with Gasteiger partial charge in [0, 0.05) is 26.2 Å². The Morgan fingerprint density at radius 2 is 1.41 bits per heavy atom. The molecule has 2 aromatic carbocycles. The van der Waals surface area contributed by atoms with Gasteiger partial charge < -0.3 is 14.9 Å². The number of carbonyl (C=O) groups excluding carboxylic acids is 2. The quantitative estimate of drug-likeness (QED) is 0.812. The summed E-state index contributed by atoms with van der Waals surface area (Å²) in [6, 6.07) is 7.24. The zero-order chi connectivity index (χ0) is 20.5. The van der Waals surface area contributed by atoms with Crippen molar-refractivity contribution in [2.75, 3.05) is 26.2 Å². The van der Waals surface area contributed by atoms with Crippen LogP contribution in [0.1, 0.15) is 44.7 Å². The number of phenols is 1. The molecule has 4 rings (SSSR count). The number of benzene rings is 2. The van der Waals surface area contributed by atoms with Gasteiger partial charge in [0.25, 0.3) is 11.8 Å². The topological polar surface area (TPSA) is 60.9 Å². The summed E-state index contributed by atoms with van der Waals surface area (Å²) in [6.45, 7) is 1.42. The summed E-state index contributed by atoms with van der Waals surface area (Å²) < 4.78 is 13.2. The Labute approximate surface area is 173 Å². The summed E-state index contributed by atoms with van der Waals surface area (Å²) in [5, 5.41) is 10.4. The molecule has 1 N–H and O–H groups in total. The second-order valence-corrected chi connectivity index (χ2v) is 7.96. The summed E-state index contributed by atoms with van der Waals surface area (Å²) in [4.78, 5) is 28.9. The van der Waals surface area contributed by atoms with E-state index < -0.39 is 5.82 Å². The molecule has 1 heterocycles. The number of hydrogen-bond acceptors (Lipinski definition) is 3. The second kappa shape index (κ2) is 8.03. The van der Waals surface area contributed by atoms with Crippen molar-refractivity contribution in [3.63, 3.8) is 0 Å². The molecule has 5 nitrogen and oxygen atoms in total. The largest absolute Gasteiger partial charge is 0.507 e. The molecule has 0 spiro atoms. The fourth-order valence-corrected chi connectivity index (χ4v) is 4.31. The second-order valence-electron chi connectivity index (χ2n) is 7.55. The minimum absolute atomic E-state index is 0.0206. The zero-order valence-electron chi connectivity index (χ0n) is 16.0. The lowest BCUT2D eigenvalue weighted by atomic mass is 9.89. The van der Waals surface area contributed by atoms with Gasteiger partial charge in [-0.05, 0) is 67.1 Å². The Hall–Kier alpha value is -2.60. The van der Waals surface area contributed by atoms with Gasteiger partial charge in [-0.15, -0.1) is 0 Å². The lowest BCUT2D eigenvalue weighted by Crippen LogP contribution is -2.50. The third-order valence-corrected chi connectivity index (χ3v) is 6.02. The number of halogens is 2. The number of aryl methyl sites for hydroxylation is 2. The van der Waals surface area contributed by atoms with Crippen molar-refractivity contribution >= 4 is 23.4 Å². The van der Waals surface area contributed by atoms with Crippen LogP contribution in [-0.2, 0) is 12.8 Å². The van der Waals surface area contributed by atoms with E-state index in [9.17, 15) is 19.1 Å². The lowest BCUT2D eigenvalue weighted by molar-refractivity contribution is 0.0533. The molecule has 0 unspecified atom stereocenters. The van der Waals surface area contributed by atoms with E-state index in [1.165, 1.54) is 12.1 Å². The van der Waals surface area contributed by atoms with Gasteiger partial charge in [0.05, 0.1) is 16.1 Å². The highest BCUT2D eigenvalue weighted by Crippen LogP contribution is 2.29. The maximum absolute atomic E-state index is 13.2. The Balaban J connectivity index is 1.44. The molecule has 0 bridgehead atoms. The molecule has 0 atom stereocenters.